The Morgan fingerprint density at radius 3 is 0.816 bits per heavy atom. The van der Waals surface area contributed by atoms with Crippen molar-refractivity contribution in [1.82, 2.24) is 0 Å². The van der Waals surface area contributed by atoms with Gasteiger partial charge in [-0.2, -0.15) is 0 Å². The van der Waals surface area contributed by atoms with E-state index in [4.69, 9.17) is 0 Å². The molecule has 1 aliphatic rings. The Hall–Kier alpha value is -9.70. The zero-order chi connectivity index (χ0) is 51.9. The van der Waals surface area contributed by atoms with Crippen LogP contribution in [-0.2, 0) is 19.7 Å². The van der Waals surface area contributed by atoms with E-state index in [0.717, 1.165) is 45.3 Å². The van der Waals surface area contributed by atoms with Crippen LogP contribution in [0.15, 0.2) is 277 Å². The molecule has 0 aliphatic heterocycles. The molecule has 0 atom stereocenters. The molecule has 11 rings (SSSR count). The maximum absolute atomic E-state index is 15.0. The van der Waals surface area contributed by atoms with Gasteiger partial charge in [-0.15, -0.1) is 0 Å². The zero-order valence-corrected chi connectivity index (χ0v) is 42.5. The van der Waals surface area contributed by atoms with Crippen LogP contribution < -0.4 is 9.80 Å². The lowest BCUT2D eigenvalue weighted by Gasteiger charge is -2.25. The Kier molecular flexibility index (Phi) is 13.7. The molecule has 0 aromatic heterocycles. The molecule has 6 nitrogen and oxygen atoms in total. The van der Waals surface area contributed by atoms with E-state index in [1.54, 1.807) is 109 Å². The first kappa shape index (κ1) is 48.6. The summed E-state index contributed by atoms with van der Waals surface area (Å²) in [5.74, 6) is 13.1. The molecule has 0 spiro atoms. The van der Waals surface area contributed by atoms with Crippen molar-refractivity contribution in [2.24, 2.45) is 0 Å². The summed E-state index contributed by atoms with van der Waals surface area (Å²) < 4.78 is 60.0. The minimum atomic E-state index is -4.21. The summed E-state index contributed by atoms with van der Waals surface area (Å²) in [6.45, 7) is 0. The van der Waals surface area contributed by atoms with Gasteiger partial charge in [0, 0.05) is 67.5 Å². The fourth-order valence-electron chi connectivity index (χ4n) is 9.16. The summed E-state index contributed by atoms with van der Waals surface area (Å²) >= 11 is 0. The summed E-state index contributed by atoms with van der Waals surface area (Å²) in [5, 5.41) is 0. The summed E-state index contributed by atoms with van der Waals surface area (Å²) in [5.41, 5.74) is 9.96. The predicted octanol–water partition coefficient (Wildman–Crippen LogP) is 15.7. The fourth-order valence-corrected chi connectivity index (χ4v) is 12.2. The second kappa shape index (κ2) is 21.4. The van der Waals surface area contributed by atoms with E-state index in [1.165, 1.54) is 0 Å². The van der Waals surface area contributed by atoms with Gasteiger partial charge in [0.05, 0.1) is 19.6 Å². The lowest BCUT2D eigenvalue weighted by molar-refractivity contribution is 0.604. The van der Waals surface area contributed by atoms with Crippen LogP contribution in [0, 0.1) is 23.7 Å². The number of rotatable bonds is 10. The van der Waals surface area contributed by atoms with Crippen LogP contribution in [-0.4, -0.2) is 16.8 Å². The summed E-state index contributed by atoms with van der Waals surface area (Å²) in [4.78, 5) is 4.53. The van der Waals surface area contributed by atoms with E-state index in [9.17, 15) is 16.8 Å². The van der Waals surface area contributed by atoms with Crippen LogP contribution in [0.5, 0.6) is 0 Å². The molecule has 0 saturated carbocycles. The highest BCUT2D eigenvalue weighted by molar-refractivity contribution is 8.01. The van der Waals surface area contributed by atoms with Crippen LogP contribution in [0.1, 0.15) is 44.5 Å². The monoisotopic (exact) mass is 1020 g/mol. The van der Waals surface area contributed by atoms with E-state index in [-0.39, 0.29) is 19.6 Å². The molecule has 0 radical (unpaired) electrons. The van der Waals surface area contributed by atoms with Gasteiger partial charge in [0.1, 0.15) is 0 Å². The minimum Gasteiger partial charge on any atom is -0.311 e. The van der Waals surface area contributed by atoms with Crippen LogP contribution >= 0.6 is 0 Å². The topological polar surface area (TPSA) is 74.8 Å². The van der Waals surface area contributed by atoms with Crippen LogP contribution in [0.3, 0.4) is 0 Å². The largest absolute Gasteiger partial charge is 0.311 e. The standard InChI is InChI=1S/C68H46N2O4S2/c71-75(72,63-27-15-5-16-28-63)67-50-56-42-36-54(34-32-52-39-45-62(46-40-52)70(59-23-11-3-12-24-59)60-25-13-4-14-26-60)48-66(56)68(76(73,74)64-29-17-6-18-30-64)49-55-41-35-53(47-65(55)67)33-31-51-37-43-61(44-38-51)69(57-19-7-1-8-20-57)58-21-9-2-10-22-58/h1-30,35-50H/b55-49?,56-50?,67-50+,67-65?,68-49+,68-66?. The third-order valence-corrected chi connectivity index (χ3v) is 16.5. The molecule has 76 heavy (non-hydrogen) atoms. The second-order valence-corrected chi connectivity index (χ2v) is 21.7. The first-order valence-corrected chi connectivity index (χ1v) is 27.5. The molecule has 0 fully saturated rings. The molecular formula is C68H46N2O4S2. The average molecular weight is 1020 g/mol. The Morgan fingerprint density at radius 1 is 0.263 bits per heavy atom. The molecule has 0 N–H and O–H groups in total. The molecule has 0 unspecified atom stereocenters. The molecule has 10 aromatic rings. The number of fused-ring (bicyclic) bond motifs is 2. The van der Waals surface area contributed by atoms with Gasteiger partial charge in [0.2, 0.25) is 19.7 Å². The third kappa shape index (κ3) is 10.3. The quantitative estimate of drug-likeness (QED) is 0.127. The fraction of sp³-hybridized carbons (Fsp3) is 0. The van der Waals surface area contributed by atoms with E-state index < -0.39 is 19.7 Å². The number of hydrogen-bond acceptors (Lipinski definition) is 6. The van der Waals surface area contributed by atoms with Crippen molar-refractivity contribution in [3.63, 3.8) is 0 Å². The molecule has 0 saturated heterocycles. The highest BCUT2D eigenvalue weighted by atomic mass is 32.2. The predicted molar refractivity (Wildman–Crippen MR) is 310 cm³/mol. The molecule has 0 bridgehead atoms. The first-order chi connectivity index (χ1) is 37.2. The van der Waals surface area contributed by atoms with Crippen molar-refractivity contribution >= 4 is 75.8 Å². The number of para-hydroxylation sites is 4. The van der Waals surface area contributed by atoms with Crippen molar-refractivity contribution < 1.29 is 16.8 Å². The van der Waals surface area contributed by atoms with Crippen LogP contribution in [0.2, 0.25) is 0 Å². The lowest BCUT2D eigenvalue weighted by atomic mass is 9.95. The molecule has 8 heteroatoms. The molecule has 10 aromatic carbocycles. The van der Waals surface area contributed by atoms with Crippen LogP contribution in [0.4, 0.5) is 34.1 Å². The third-order valence-electron chi connectivity index (χ3n) is 12.9. The van der Waals surface area contributed by atoms with Gasteiger partial charge in [-0.05, 0) is 169 Å². The molecule has 364 valence electrons. The van der Waals surface area contributed by atoms with Gasteiger partial charge < -0.3 is 9.80 Å². The maximum Gasteiger partial charge on any atom is 0.207 e. The Morgan fingerprint density at radius 2 is 0.513 bits per heavy atom. The Bertz CT molecular complexity index is 3790. The highest BCUT2D eigenvalue weighted by Crippen LogP contribution is 2.42. The molecule has 0 heterocycles. The summed E-state index contributed by atoms with van der Waals surface area (Å²) in [7, 11) is -8.42. The van der Waals surface area contributed by atoms with E-state index in [1.807, 2.05) is 121 Å². The van der Waals surface area contributed by atoms with Gasteiger partial charge in [0.15, 0.2) is 0 Å². The van der Waals surface area contributed by atoms with E-state index in [0.29, 0.717) is 33.4 Å². The van der Waals surface area contributed by atoms with Gasteiger partial charge >= 0.3 is 0 Å². The lowest BCUT2D eigenvalue weighted by Crippen LogP contribution is -2.11. The number of hydrogen-bond donors (Lipinski definition) is 0. The minimum absolute atomic E-state index is 0.00347. The van der Waals surface area contributed by atoms with Crippen molar-refractivity contribution in [2.75, 3.05) is 9.80 Å². The normalized spacial score (nSPS) is 13.2. The van der Waals surface area contributed by atoms with Crippen molar-refractivity contribution in [3.8, 4) is 23.7 Å². The maximum atomic E-state index is 15.0. The first-order valence-electron chi connectivity index (χ1n) is 24.6. The van der Waals surface area contributed by atoms with E-state index >= 15 is 0 Å². The molecule has 0 amide bonds. The number of anilines is 6. The van der Waals surface area contributed by atoms with Crippen molar-refractivity contribution in [3.05, 3.63) is 311 Å². The molecule has 1 aliphatic carbocycles. The summed E-state index contributed by atoms with van der Waals surface area (Å²) in [6, 6.07) is 83.5. The Labute approximate surface area is 444 Å². The SMILES string of the molecule is O=S(=O)(/C1=C/c2ccc(C#Cc3ccc(N(c4ccccc4)c4ccccc4)cc3)cc2/C(S(=O)(=O)c2ccccc2)=C\c2ccc(C#Cc3ccc(N(c4ccccc4)c4ccccc4)cc3)cc21)c1ccccc1. The van der Waals surface area contributed by atoms with Crippen LogP contribution in [0.25, 0.3) is 22.0 Å². The van der Waals surface area contributed by atoms with Gasteiger partial charge in [-0.25, -0.2) is 16.8 Å². The molecular weight excluding hydrogens is 973 g/mol. The average Bonchev–Trinajstić information content (AvgIpc) is 3.49. The van der Waals surface area contributed by atoms with Gasteiger partial charge in [0.25, 0.3) is 0 Å². The van der Waals surface area contributed by atoms with E-state index in [2.05, 4.69) is 82.0 Å². The Balaban J connectivity index is 0.994. The number of sulfone groups is 2. The van der Waals surface area contributed by atoms with Crippen molar-refractivity contribution in [1.29, 1.82) is 0 Å². The number of nitrogens with zero attached hydrogens (tertiary/aromatic N) is 2. The number of benzene rings is 10. The van der Waals surface area contributed by atoms with Gasteiger partial charge in [-0.3, -0.25) is 0 Å². The van der Waals surface area contributed by atoms with Crippen molar-refractivity contribution in [2.45, 2.75) is 9.79 Å². The second-order valence-electron chi connectivity index (χ2n) is 17.9. The summed E-state index contributed by atoms with van der Waals surface area (Å²) in [6.07, 6.45) is 3.15. The zero-order valence-electron chi connectivity index (χ0n) is 40.9. The highest BCUT2D eigenvalue weighted by Gasteiger charge is 2.31. The van der Waals surface area contributed by atoms with Gasteiger partial charge in [-0.1, -0.05) is 145 Å². The smallest absolute Gasteiger partial charge is 0.207 e.